The van der Waals surface area contributed by atoms with Gasteiger partial charge in [0, 0.05) is 0 Å². The molecule has 0 aromatic heterocycles. The molecule has 2 N–H and O–H groups in total. The summed E-state index contributed by atoms with van der Waals surface area (Å²) in [7, 11) is 0. The van der Waals surface area contributed by atoms with Gasteiger partial charge in [-0.25, -0.2) is 4.39 Å². The molecule has 0 amide bonds. The third-order valence-electron chi connectivity index (χ3n) is 3.11. The third-order valence-corrected chi connectivity index (χ3v) is 3.11. The summed E-state index contributed by atoms with van der Waals surface area (Å²) in [5.74, 6) is -1.33. The number of benzene rings is 1. The standard InChI is InChI=1S/C14H19F4NO/c1-3-7-19-8-6-13(2,20)10-4-5-12(15)11(9-10)14(16,17)18/h4-5,9,19-20H,3,6-8H2,1-2H3. The lowest BCUT2D eigenvalue weighted by Crippen LogP contribution is -2.28. The van der Waals surface area contributed by atoms with E-state index in [1.165, 1.54) is 13.0 Å². The number of alkyl halides is 3. The predicted octanol–water partition coefficient (Wildman–Crippen LogP) is 3.44. The molecule has 0 radical (unpaired) electrons. The highest BCUT2D eigenvalue weighted by Crippen LogP contribution is 2.34. The van der Waals surface area contributed by atoms with Crippen molar-refractivity contribution in [2.24, 2.45) is 0 Å². The summed E-state index contributed by atoms with van der Waals surface area (Å²) < 4.78 is 51.1. The molecule has 0 saturated carbocycles. The first-order valence-electron chi connectivity index (χ1n) is 6.49. The van der Waals surface area contributed by atoms with Crippen molar-refractivity contribution >= 4 is 0 Å². The minimum Gasteiger partial charge on any atom is -0.385 e. The number of nitrogens with one attached hydrogen (secondary N) is 1. The van der Waals surface area contributed by atoms with Crippen molar-refractivity contribution < 1.29 is 22.7 Å². The van der Waals surface area contributed by atoms with Gasteiger partial charge in [0.2, 0.25) is 0 Å². The predicted molar refractivity (Wildman–Crippen MR) is 68.8 cm³/mol. The van der Waals surface area contributed by atoms with Crippen LogP contribution >= 0.6 is 0 Å². The highest BCUT2D eigenvalue weighted by atomic mass is 19.4. The normalized spacial score (nSPS) is 15.2. The van der Waals surface area contributed by atoms with E-state index in [0.717, 1.165) is 19.0 Å². The molecule has 1 aromatic carbocycles. The van der Waals surface area contributed by atoms with E-state index in [4.69, 9.17) is 0 Å². The average Bonchev–Trinajstić information content (AvgIpc) is 2.33. The molecule has 0 aliphatic heterocycles. The number of hydrogen-bond acceptors (Lipinski definition) is 2. The van der Waals surface area contributed by atoms with Gasteiger partial charge in [0.25, 0.3) is 0 Å². The van der Waals surface area contributed by atoms with Gasteiger partial charge < -0.3 is 10.4 Å². The van der Waals surface area contributed by atoms with Crippen LogP contribution in [0.15, 0.2) is 18.2 Å². The summed E-state index contributed by atoms with van der Waals surface area (Å²) in [5, 5.41) is 13.3. The van der Waals surface area contributed by atoms with Gasteiger partial charge in [-0.15, -0.1) is 0 Å². The number of rotatable bonds is 6. The van der Waals surface area contributed by atoms with Crippen molar-refractivity contribution in [1.82, 2.24) is 5.32 Å². The van der Waals surface area contributed by atoms with Crippen molar-refractivity contribution in [3.8, 4) is 0 Å². The quantitative estimate of drug-likeness (QED) is 0.622. The lowest BCUT2D eigenvalue weighted by atomic mass is 9.91. The Kier molecular flexibility index (Phi) is 5.53. The fourth-order valence-corrected chi connectivity index (χ4v) is 1.86. The van der Waals surface area contributed by atoms with Gasteiger partial charge in [-0.3, -0.25) is 0 Å². The van der Waals surface area contributed by atoms with E-state index < -0.39 is 23.2 Å². The summed E-state index contributed by atoms with van der Waals surface area (Å²) >= 11 is 0. The SMILES string of the molecule is CCCNCCC(C)(O)c1ccc(F)c(C(F)(F)F)c1. The van der Waals surface area contributed by atoms with Gasteiger partial charge >= 0.3 is 6.18 Å². The molecule has 0 aliphatic carbocycles. The highest BCUT2D eigenvalue weighted by molar-refractivity contribution is 5.30. The van der Waals surface area contributed by atoms with E-state index in [0.29, 0.717) is 12.6 Å². The van der Waals surface area contributed by atoms with Gasteiger partial charge in [0.1, 0.15) is 5.82 Å². The Morgan fingerprint density at radius 3 is 2.40 bits per heavy atom. The molecule has 0 aliphatic rings. The topological polar surface area (TPSA) is 32.3 Å². The highest BCUT2D eigenvalue weighted by Gasteiger charge is 2.36. The van der Waals surface area contributed by atoms with Gasteiger partial charge in [-0.05, 0) is 50.6 Å². The second kappa shape index (κ2) is 6.54. The van der Waals surface area contributed by atoms with Crippen molar-refractivity contribution in [2.45, 2.75) is 38.5 Å². The zero-order chi connectivity index (χ0) is 15.4. The zero-order valence-corrected chi connectivity index (χ0v) is 11.5. The molecule has 0 bridgehead atoms. The number of aliphatic hydroxyl groups is 1. The van der Waals surface area contributed by atoms with Crippen LogP contribution in [0.4, 0.5) is 17.6 Å². The summed E-state index contributed by atoms with van der Waals surface area (Å²) in [5.41, 5.74) is -2.73. The third kappa shape index (κ3) is 4.45. The summed E-state index contributed by atoms with van der Waals surface area (Å²) in [4.78, 5) is 0. The molecule has 0 spiro atoms. The van der Waals surface area contributed by atoms with Crippen LogP contribution in [0.2, 0.25) is 0 Å². The molecule has 6 heteroatoms. The molecular formula is C14H19F4NO. The van der Waals surface area contributed by atoms with Gasteiger partial charge in [-0.1, -0.05) is 13.0 Å². The summed E-state index contributed by atoms with van der Waals surface area (Å²) in [6, 6.07) is 2.60. The largest absolute Gasteiger partial charge is 0.419 e. The van der Waals surface area contributed by atoms with Crippen LogP contribution in [0.1, 0.15) is 37.8 Å². The molecule has 0 heterocycles. The average molecular weight is 293 g/mol. The fourth-order valence-electron chi connectivity index (χ4n) is 1.86. The number of halogens is 4. The summed E-state index contributed by atoms with van der Waals surface area (Å²) in [6.07, 6.45) is -3.59. The van der Waals surface area contributed by atoms with Crippen LogP contribution < -0.4 is 5.32 Å². The Balaban J connectivity index is 2.90. The Bertz CT molecular complexity index is 443. The van der Waals surface area contributed by atoms with E-state index >= 15 is 0 Å². The van der Waals surface area contributed by atoms with Crippen LogP contribution in [-0.2, 0) is 11.8 Å². The first-order valence-corrected chi connectivity index (χ1v) is 6.49. The van der Waals surface area contributed by atoms with Gasteiger partial charge in [-0.2, -0.15) is 13.2 Å². The molecular weight excluding hydrogens is 274 g/mol. The molecule has 1 rings (SSSR count). The van der Waals surface area contributed by atoms with Gasteiger partial charge in [0.05, 0.1) is 11.2 Å². The second-order valence-electron chi connectivity index (χ2n) is 4.97. The lowest BCUT2D eigenvalue weighted by Gasteiger charge is -2.25. The summed E-state index contributed by atoms with van der Waals surface area (Å²) in [6.45, 7) is 4.65. The van der Waals surface area contributed by atoms with Crippen molar-refractivity contribution in [2.75, 3.05) is 13.1 Å². The van der Waals surface area contributed by atoms with Gasteiger partial charge in [0.15, 0.2) is 0 Å². The monoisotopic (exact) mass is 293 g/mol. The first kappa shape index (κ1) is 16.9. The van der Waals surface area contributed by atoms with Crippen molar-refractivity contribution in [3.63, 3.8) is 0 Å². The van der Waals surface area contributed by atoms with E-state index in [2.05, 4.69) is 5.32 Å². The lowest BCUT2D eigenvalue weighted by molar-refractivity contribution is -0.140. The molecule has 1 unspecified atom stereocenters. The first-order chi connectivity index (χ1) is 9.18. The Morgan fingerprint density at radius 1 is 1.20 bits per heavy atom. The Labute approximate surface area is 115 Å². The molecule has 114 valence electrons. The van der Waals surface area contributed by atoms with E-state index in [-0.39, 0.29) is 12.0 Å². The molecule has 20 heavy (non-hydrogen) atoms. The molecule has 1 aromatic rings. The van der Waals surface area contributed by atoms with Crippen LogP contribution in [0.3, 0.4) is 0 Å². The van der Waals surface area contributed by atoms with Crippen LogP contribution in [0.25, 0.3) is 0 Å². The van der Waals surface area contributed by atoms with E-state index in [9.17, 15) is 22.7 Å². The zero-order valence-electron chi connectivity index (χ0n) is 11.5. The molecule has 2 nitrogen and oxygen atoms in total. The fraction of sp³-hybridized carbons (Fsp3) is 0.571. The smallest absolute Gasteiger partial charge is 0.385 e. The Hall–Kier alpha value is -1.14. The van der Waals surface area contributed by atoms with Crippen molar-refractivity contribution in [1.29, 1.82) is 0 Å². The molecule has 1 atom stereocenters. The maximum Gasteiger partial charge on any atom is 0.419 e. The maximum atomic E-state index is 13.2. The van der Waals surface area contributed by atoms with Crippen LogP contribution in [0.5, 0.6) is 0 Å². The van der Waals surface area contributed by atoms with E-state index in [1.54, 1.807) is 0 Å². The Morgan fingerprint density at radius 2 is 1.85 bits per heavy atom. The second-order valence-corrected chi connectivity index (χ2v) is 4.97. The maximum absolute atomic E-state index is 13.2. The van der Waals surface area contributed by atoms with Crippen LogP contribution in [-0.4, -0.2) is 18.2 Å². The minimum atomic E-state index is -4.77. The van der Waals surface area contributed by atoms with Crippen LogP contribution in [0, 0.1) is 5.82 Å². The van der Waals surface area contributed by atoms with Crippen molar-refractivity contribution in [3.05, 3.63) is 35.1 Å². The van der Waals surface area contributed by atoms with E-state index in [1.807, 2.05) is 6.92 Å². The molecule has 0 fully saturated rings. The minimum absolute atomic E-state index is 0.0597. The molecule has 0 saturated heterocycles. The number of hydrogen-bond donors (Lipinski definition) is 2.